The summed E-state index contributed by atoms with van der Waals surface area (Å²) in [5.74, 6) is 0.0669. The third kappa shape index (κ3) is 4.75. The molecule has 110 valence electrons. The summed E-state index contributed by atoms with van der Waals surface area (Å²) in [5.41, 5.74) is 0. The van der Waals surface area contributed by atoms with Gasteiger partial charge in [0, 0.05) is 45.7 Å². The molecule has 0 atom stereocenters. The van der Waals surface area contributed by atoms with E-state index in [-0.39, 0.29) is 5.91 Å². The normalized spacial score (nSPS) is 28.9. The Morgan fingerprint density at radius 2 is 1.84 bits per heavy atom. The van der Waals surface area contributed by atoms with Gasteiger partial charge in [0.2, 0.25) is 5.91 Å². The van der Waals surface area contributed by atoms with Gasteiger partial charge in [-0.3, -0.25) is 9.69 Å². The summed E-state index contributed by atoms with van der Waals surface area (Å²) in [4.78, 5) is 15.8. The zero-order chi connectivity index (χ0) is 13.7. The Labute approximate surface area is 116 Å². The SMILES string of the molecule is CCN1CCN(CCOC2CC(NC(C)=O)C2)CC1. The van der Waals surface area contributed by atoms with Crippen LogP contribution in [0.3, 0.4) is 0 Å². The van der Waals surface area contributed by atoms with Crippen molar-refractivity contribution in [3.63, 3.8) is 0 Å². The van der Waals surface area contributed by atoms with Gasteiger partial charge in [0.25, 0.3) is 0 Å². The van der Waals surface area contributed by atoms with Gasteiger partial charge in [-0.1, -0.05) is 6.92 Å². The van der Waals surface area contributed by atoms with E-state index >= 15 is 0 Å². The third-order valence-corrected chi connectivity index (χ3v) is 4.18. The van der Waals surface area contributed by atoms with Crippen molar-refractivity contribution >= 4 is 5.91 Å². The van der Waals surface area contributed by atoms with E-state index in [1.807, 2.05) is 0 Å². The maximum absolute atomic E-state index is 10.9. The Morgan fingerprint density at radius 3 is 2.42 bits per heavy atom. The van der Waals surface area contributed by atoms with E-state index < -0.39 is 0 Å². The van der Waals surface area contributed by atoms with Crippen LogP contribution in [0.25, 0.3) is 0 Å². The number of carbonyl (C=O) groups is 1. The van der Waals surface area contributed by atoms with Crippen molar-refractivity contribution in [1.82, 2.24) is 15.1 Å². The second-order valence-corrected chi connectivity index (χ2v) is 5.64. The molecule has 1 saturated carbocycles. The molecular formula is C14H27N3O2. The molecule has 1 heterocycles. The Morgan fingerprint density at radius 1 is 1.21 bits per heavy atom. The maximum Gasteiger partial charge on any atom is 0.217 e. The van der Waals surface area contributed by atoms with E-state index in [0.29, 0.717) is 12.1 Å². The number of likely N-dealkylation sites (N-methyl/N-ethyl adjacent to an activating group) is 1. The van der Waals surface area contributed by atoms with Crippen molar-refractivity contribution in [2.45, 2.75) is 38.8 Å². The number of rotatable bonds is 6. The van der Waals surface area contributed by atoms with Crippen molar-refractivity contribution < 1.29 is 9.53 Å². The minimum atomic E-state index is 0.0669. The van der Waals surface area contributed by atoms with Crippen LogP contribution >= 0.6 is 0 Å². The number of ether oxygens (including phenoxy) is 1. The van der Waals surface area contributed by atoms with Gasteiger partial charge in [0.05, 0.1) is 12.7 Å². The van der Waals surface area contributed by atoms with E-state index in [9.17, 15) is 4.79 Å². The summed E-state index contributed by atoms with van der Waals surface area (Å²) < 4.78 is 5.84. The highest BCUT2D eigenvalue weighted by atomic mass is 16.5. The van der Waals surface area contributed by atoms with Gasteiger partial charge in [-0.05, 0) is 19.4 Å². The fourth-order valence-corrected chi connectivity index (χ4v) is 2.78. The van der Waals surface area contributed by atoms with Crippen LogP contribution < -0.4 is 5.32 Å². The number of hydrogen-bond donors (Lipinski definition) is 1. The van der Waals surface area contributed by atoms with Crippen molar-refractivity contribution in [1.29, 1.82) is 0 Å². The number of piperazine rings is 1. The summed E-state index contributed by atoms with van der Waals surface area (Å²) in [6, 6.07) is 0.343. The number of hydrogen-bond acceptors (Lipinski definition) is 4. The summed E-state index contributed by atoms with van der Waals surface area (Å²) in [6.45, 7) is 11.5. The summed E-state index contributed by atoms with van der Waals surface area (Å²) >= 11 is 0. The third-order valence-electron chi connectivity index (χ3n) is 4.18. The topological polar surface area (TPSA) is 44.8 Å². The van der Waals surface area contributed by atoms with E-state index in [0.717, 1.165) is 45.6 Å². The highest BCUT2D eigenvalue weighted by Crippen LogP contribution is 2.23. The van der Waals surface area contributed by atoms with Gasteiger partial charge in [-0.2, -0.15) is 0 Å². The molecule has 1 aliphatic carbocycles. The summed E-state index contributed by atoms with van der Waals surface area (Å²) in [6.07, 6.45) is 2.31. The van der Waals surface area contributed by atoms with E-state index in [2.05, 4.69) is 22.0 Å². The molecule has 1 amide bonds. The standard InChI is InChI=1S/C14H27N3O2/c1-3-16-4-6-17(7-5-16)8-9-19-14-10-13(11-14)15-12(2)18/h13-14H,3-11H2,1-2H3,(H,15,18). The Bertz CT molecular complexity index is 284. The molecule has 0 unspecified atom stereocenters. The molecule has 2 fully saturated rings. The molecule has 5 heteroatoms. The molecule has 1 N–H and O–H groups in total. The van der Waals surface area contributed by atoms with Gasteiger partial charge in [0.1, 0.15) is 0 Å². The van der Waals surface area contributed by atoms with Crippen molar-refractivity contribution in [2.24, 2.45) is 0 Å². The van der Waals surface area contributed by atoms with Crippen LogP contribution in [-0.2, 0) is 9.53 Å². The average Bonchev–Trinajstić information content (AvgIpc) is 2.36. The van der Waals surface area contributed by atoms with Crippen molar-refractivity contribution in [2.75, 3.05) is 45.9 Å². The highest BCUT2D eigenvalue weighted by molar-refractivity contribution is 5.73. The zero-order valence-electron chi connectivity index (χ0n) is 12.2. The Balaban J connectivity index is 1.48. The van der Waals surface area contributed by atoms with Crippen molar-refractivity contribution in [3.05, 3.63) is 0 Å². The van der Waals surface area contributed by atoms with Crippen LogP contribution in [0.15, 0.2) is 0 Å². The predicted octanol–water partition coefficient (Wildman–Crippen LogP) is 0.308. The van der Waals surface area contributed by atoms with Crippen LogP contribution in [0.1, 0.15) is 26.7 Å². The van der Waals surface area contributed by atoms with Crippen LogP contribution in [0, 0.1) is 0 Å². The van der Waals surface area contributed by atoms with Gasteiger partial charge < -0.3 is 15.0 Å². The first kappa shape index (κ1) is 14.8. The molecule has 2 rings (SSSR count). The second-order valence-electron chi connectivity index (χ2n) is 5.64. The quantitative estimate of drug-likeness (QED) is 0.754. The molecule has 0 aromatic heterocycles. The lowest BCUT2D eigenvalue weighted by Crippen LogP contribution is -2.49. The lowest BCUT2D eigenvalue weighted by atomic mass is 9.89. The predicted molar refractivity (Wildman–Crippen MR) is 75.1 cm³/mol. The van der Waals surface area contributed by atoms with E-state index in [4.69, 9.17) is 4.74 Å². The van der Waals surface area contributed by atoms with Gasteiger partial charge in [-0.15, -0.1) is 0 Å². The molecule has 1 aliphatic heterocycles. The summed E-state index contributed by atoms with van der Waals surface area (Å²) in [5, 5.41) is 2.93. The molecular weight excluding hydrogens is 242 g/mol. The zero-order valence-corrected chi connectivity index (χ0v) is 12.2. The molecule has 0 aromatic rings. The van der Waals surface area contributed by atoms with Gasteiger partial charge in [0.15, 0.2) is 0 Å². The Hall–Kier alpha value is -0.650. The number of nitrogens with one attached hydrogen (secondary N) is 1. The summed E-state index contributed by atoms with van der Waals surface area (Å²) in [7, 11) is 0. The van der Waals surface area contributed by atoms with Crippen LogP contribution in [0.4, 0.5) is 0 Å². The molecule has 0 spiro atoms. The van der Waals surface area contributed by atoms with E-state index in [1.54, 1.807) is 6.92 Å². The van der Waals surface area contributed by atoms with Crippen LogP contribution in [0.5, 0.6) is 0 Å². The number of nitrogens with zero attached hydrogens (tertiary/aromatic N) is 2. The smallest absolute Gasteiger partial charge is 0.217 e. The van der Waals surface area contributed by atoms with Crippen molar-refractivity contribution in [3.8, 4) is 0 Å². The molecule has 1 saturated heterocycles. The molecule has 0 aromatic carbocycles. The Kier molecular flexibility index (Phi) is 5.60. The fraction of sp³-hybridized carbons (Fsp3) is 0.929. The molecule has 0 bridgehead atoms. The molecule has 2 aliphatic rings. The lowest BCUT2D eigenvalue weighted by molar-refractivity contribution is -0.121. The highest BCUT2D eigenvalue weighted by Gasteiger charge is 2.30. The van der Waals surface area contributed by atoms with Gasteiger partial charge >= 0.3 is 0 Å². The monoisotopic (exact) mass is 269 g/mol. The van der Waals surface area contributed by atoms with Gasteiger partial charge in [-0.25, -0.2) is 0 Å². The first-order valence-electron chi connectivity index (χ1n) is 7.50. The largest absolute Gasteiger partial charge is 0.377 e. The number of amides is 1. The fourth-order valence-electron chi connectivity index (χ4n) is 2.78. The molecule has 19 heavy (non-hydrogen) atoms. The molecule has 5 nitrogen and oxygen atoms in total. The van der Waals surface area contributed by atoms with Crippen LogP contribution in [-0.4, -0.2) is 73.7 Å². The maximum atomic E-state index is 10.9. The first-order chi connectivity index (χ1) is 9.17. The minimum Gasteiger partial charge on any atom is -0.377 e. The average molecular weight is 269 g/mol. The number of carbonyl (C=O) groups excluding carboxylic acids is 1. The minimum absolute atomic E-state index is 0.0669. The second kappa shape index (κ2) is 7.22. The first-order valence-corrected chi connectivity index (χ1v) is 7.50. The van der Waals surface area contributed by atoms with E-state index in [1.165, 1.54) is 13.1 Å². The molecule has 0 radical (unpaired) electrons. The van der Waals surface area contributed by atoms with Crippen LogP contribution in [0.2, 0.25) is 0 Å². The lowest BCUT2D eigenvalue weighted by Gasteiger charge is -2.37.